The molecule has 0 aliphatic heterocycles. The maximum absolute atomic E-state index is 11.8. The third-order valence-electron chi connectivity index (χ3n) is 3.35. The molecule has 0 spiro atoms. The van der Waals surface area contributed by atoms with Crippen molar-refractivity contribution in [3.63, 3.8) is 0 Å². The van der Waals surface area contributed by atoms with Crippen LogP contribution < -0.4 is 4.74 Å². The van der Waals surface area contributed by atoms with Gasteiger partial charge in [0.1, 0.15) is 18.0 Å². The molecular weight excluding hydrogens is 351 g/mol. The molecule has 5 nitrogen and oxygen atoms in total. The van der Waals surface area contributed by atoms with Crippen LogP contribution >= 0.6 is 23.2 Å². The summed E-state index contributed by atoms with van der Waals surface area (Å²) < 4.78 is 12.4. The number of aryl methyl sites for hydroxylation is 1. The van der Waals surface area contributed by atoms with Crippen LogP contribution in [-0.4, -0.2) is 22.0 Å². The minimum Gasteiger partial charge on any atom is -0.480 e. The van der Waals surface area contributed by atoms with Gasteiger partial charge in [-0.1, -0.05) is 29.3 Å². The number of hydrogen-bond acceptors (Lipinski definition) is 4. The standard InChI is InChI=1S/C17H14Cl2N2O3/c1-11-3-2-6-21-8-13(20-17(11)21)9-24-16(22)10-23-15-5-4-12(18)7-14(15)19/h2-8H,9-10H2,1H3. The average molecular weight is 365 g/mol. The van der Waals surface area contributed by atoms with Gasteiger partial charge in [-0.15, -0.1) is 0 Å². The normalized spacial score (nSPS) is 10.8. The quantitative estimate of drug-likeness (QED) is 0.640. The monoisotopic (exact) mass is 364 g/mol. The minimum absolute atomic E-state index is 0.0810. The second-order valence-corrected chi connectivity index (χ2v) is 6.02. The summed E-state index contributed by atoms with van der Waals surface area (Å²) in [5, 5.41) is 0.836. The largest absolute Gasteiger partial charge is 0.480 e. The van der Waals surface area contributed by atoms with Crippen LogP contribution in [0, 0.1) is 6.92 Å². The fourth-order valence-electron chi connectivity index (χ4n) is 2.20. The number of aromatic nitrogens is 2. The number of fused-ring (bicyclic) bond motifs is 1. The fourth-order valence-corrected chi connectivity index (χ4v) is 2.66. The lowest BCUT2D eigenvalue weighted by atomic mass is 10.3. The first-order chi connectivity index (χ1) is 11.5. The summed E-state index contributed by atoms with van der Waals surface area (Å²) in [6.07, 6.45) is 3.72. The van der Waals surface area contributed by atoms with E-state index in [9.17, 15) is 4.79 Å². The number of esters is 1. The summed E-state index contributed by atoms with van der Waals surface area (Å²) in [6, 6.07) is 8.68. The van der Waals surface area contributed by atoms with Gasteiger partial charge in [-0.05, 0) is 36.8 Å². The Morgan fingerprint density at radius 2 is 2.12 bits per heavy atom. The number of pyridine rings is 1. The van der Waals surface area contributed by atoms with Gasteiger partial charge in [0.05, 0.1) is 10.7 Å². The van der Waals surface area contributed by atoms with Gasteiger partial charge < -0.3 is 13.9 Å². The molecule has 24 heavy (non-hydrogen) atoms. The van der Waals surface area contributed by atoms with Crippen molar-refractivity contribution in [1.82, 2.24) is 9.38 Å². The highest BCUT2D eigenvalue weighted by atomic mass is 35.5. The van der Waals surface area contributed by atoms with Gasteiger partial charge in [-0.3, -0.25) is 0 Å². The smallest absolute Gasteiger partial charge is 0.344 e. The number of carbonyl (C=O) groups excluding carboxylic acids is 1. The number of hydrogen-bond donors (Lipinski definition) is 0. The van der Waals surface area contributed by atoms with Crippen LogP contribution in [0.15, 0.2) is 42.7 Å². The molecule has 2 heterocycles. The number of benzene rings is 1. The minimum atomic E-state index is -0.505. The Balaban J connectivity index is 1.56. The van der Waals surface area contributed by atoms with Crippen molar-refractivity contribution in [3.8, 4) is 5.75 Å². The number of carbonyl (C=O) groups is 1. The van der Waals surface area contributed by atoms with Crippen molar-refractivity contribution < 1.29 is 14.3 Å². The van der Waals surface area contributed by atoms with Crippen LogP contribution in [-0.2, 0) is 16.1 Å². The highest BCUT2D eigenvalue weighted by molar-refractivity contribution is 6.35. The zero-order valence-corrected chi connectivity index (χ0v) is 14.3. The molecule has 0 fully saturated rings. The second-order valence-electron chi connectivity index (χ2n) is 5.18. The Labute approximate surface area is 148 Å². The van der Waals surface area contributed by atoms with E-state index in [1.807, 2.05) is 35.9 Å². The first-order valence-corrected chi connectivity index (χ1v) is 7.95. The molecular formula is C17H14Cl2N2O3. The molecule has 3 rings (SSSR count). The van der Waals surface area contributed by atoms with Gasteiger partial charge >= 0.3 is 5.97 Å². The first kappa shape index (κ1) is 16.6. The lowest BCUT2D eigenvalue weighted by Gasteiger charge is -2.07. The number of imidazole rings is 1. The van der Waals surface area contributed by atoms with Gasteiger partial charge in [-0.2, -0.15) is 0 Å². The molecule has 0 saturated heterocycles. The van der Waals surface area contributed by atoms with E-state index in [1.165, 1.54) is 0 Å². The Morgan fingerprint density at radius 3 is 2.88 bits per heavy atom. The summed E-state index contributed by atoms with van der Waals surface area (Å²) in [4.78, 5) is 16.2. The molecule has 0 unspecified atom stereocenters. The maximum Gasteiger partial charge on any atom is 0.344 e. The first-order valence-electron chi connectivity index (χ1n) is 7.19. The molecule has 0 radical (unpaired) electrons. The SMILES string of the molecule is Cc1cccn2cc(COC(=O)COc3ccc(Cl)cc3Cl)nc12. The fraction of sp³-hybridized carbons (Fsp3) is 0.176. The van der Waals surface area contributed by atoms with E-state index < -0.39 is 5.97 Å². The molecule has 0 aliphatic rings. The number of nitrogens with zero attached hydrogens (tertiary/aromatic N) is 2. The Bertz CT molecular complexity index is 893. The zero-order chi connectivity index (χ0) is 17.1. The van der Waals surface area contributed by atoms with Crippen LogP contribution in [0.2, 0.25) is 10.0 Å². The number of halogens is 2. The van der Waals surface area contributed by atoms with Crippen LogP contribution in [0.5, 0.6) is 5.75 Å². The van der Waals surface area contributed by atoms with Gasteiger partial charge in [-0.25, -0.2) is 9.78 Å². The van der Waals surface area contributed by atoms with Crippen LogP contribution in [0.4, 0.5) is 0 Å². The van der Waals surface area contributed by atoms with Crippen molar-refractivity contribution in [2.75, 3.05) is 6.61 Å². The lowest BCUT2D eigenvalue weighted by Crippen LogP contribution is -2.15. The van der Waals surface area contributed by atoms with Crippen LogP contribution in [0.3, 0.4) is 0 Å². The number of rotatable bonds is 5. The Morgan fingerprint density at radius 1 is 1.29 bits per heavy atom. The third-order valence-corrected chi connectivity index (χ3v) is 3.88. The summed E-state index contributed by atoms with van der Waals surface area (Å²) in [5.74, 6) is -0.129. The van der Waals surface area contributed by atoms with E-state index in [2.05, 4.69) is 4.98 Å². The van der Waals surface area contributed by atoms with Crippen molar-refractivity contribution >= 4 is 34.8 Å². The second kappa shape index (κ2) is 7.11. The molecule has 1 aromatic carbocycles. The molecule has 0 saturated carbocycles. The highest BCUT2D eigenvalue weighted by Crippen LogP contribution is 2.27. The molecule has 0 N–H and O–H groups in total. The summed E-state index contributed by atoms with van der Waals surface area (Å²) in [5.41, 5.74) is 2.56. The summed E-state index contributed by atoms with van der Waals surface area (Å²) in [7, 11) is 0. The molecule has 0 amide bonds. The molecule has 0 atom stereocenters. The van der Waals surface area contributed by atoms with Gasteiger partial charge in [0.25, 0.3) is 0 Å². The topological polar surface area (TPSA) is 52.8 Å². The maximum atomic E-state index is 11.8. The lowest BCUT2D eigenvalue weighted by molar-refractivity contribution is -0.147. The van der Waals surface area contributed by atoms with E-state index in [-0.39, 0.29) is 13.2 Å². The Hall–Kier alpha value is -2.24. The van der Waals surface area contributed by atoms with Gasteiger partial charge in [0.15, 0.2) is 6.61 Å². The predicted octanol–water partition coefficient (Wildman–Crippen LogP) is 4.07. The van der Waals surface area contributed by atoms with Gasteiger partial charge in [0.2, 0.25) is 0 Å². The predicted molar refractivity (Wildman–Crippen MR) is 91.7 cm³/mol. The van der Waals surface area contributed by atoms with Crippen molar-refractivity contribution in [1.29, 1.82) is 0 Å². The molecule has 0 aliphatic carbocycles. The molecule has 124 valence electrons. The van der Waals surface area contributed by atoms with E-state index >= 15 is 0 Å². The van der Waals surface area contributed by atoms with E-state index in [1.54, 1.807) is 18.2 Å². The highest BCUT2D eigenvalue weighted by Gasteiger charge is 2.10. The van der Waals surface area contributed by atoms with Crippen LogP contribution in [0.1, 0.15) is 11.3 Å². The van der Waals surface area contributed by atoms with Crippen molar-refractivity contribution in [2.45, 2.75) is 13.5 Å². The summed E-state index contributed by atoms with van der Waals surface area (Å²) >= 11 is 11.8. The third kappa shape index (κ3) is 3.80. The van der Waals surface area contributed by atoms with E-state index in [0.29, 0.717) is 21.5 Å². The summed E-state index contributed by atoms with van der Waals surface area (Å²) in [6.45, 7) is 1.81. The zero-order valence-electron chi connectivity index (χ0n) is 12.8. The molecule has 0 bridgehead atoms. The molecule has 7 heteroatoms. The van der Waals surface area contributed by atoms with Crippen LogP contribution in [0.25, 0.3) is 5.65 Å². The molecule has 2 aromatic heterocycles. The van der Waals surface area contributed by atoms with E-state index in [0.717, 1.165) is 11.2 Å². The molecule has 3 aromatic rings. The Kier molecular flexibility index (Phi) is 4.92. The van der Waals surface area contributed by atoms with Gasteiger partial charge in [0, 0.05) is 17.4 Å². The van der Waals surface area contributed by atoms with E-state index in [4.69, 9.17) is 32.7 Å². The van der Waals surface area contributed by atoms with Crippen molar-refractivity contribution in [2.24, 2.45) is 0 Å². The van der Waals surface area contributed by atoms with Crippen molar-refractivity contribution in [3.05, 3.63) is 64.0 Å². The number of ether oxygens (including phenoxy) is 2. The average Bonchev–Trinajstić information content (AvgIpc) is 2.97.